The van der Waals surface area contributed by atoms with Crippen molar-refractivity contribution in [3.63, 3.8) is 0 Å². The SMILES string of the molecule is CC=COCC(=O)O.O=P(O)(O)O. The number of aliphatic carboxylic acids is 1. The number of allylic oxidation sites excluding steroid dienone is 1. The lowest BCUT2D eigenvalue weighted by molar-refractivity contribution is -0.140. The Labute approximate surface area is 74.5 Å². The third kappa shape index (κ3) is 54.5. The van der Waals surface area contributed by atoms with Crippen LogP contribution in [0.2, 0.25) is 0 Å². The van der Waals surface area contributed by atoms with Crippen LogP contribution in [0.3, 0.4) is 0 Å². The van der Waals surface area contributed by atoms with Gasteiger partial charge in [-0.3, -0.25) is 0 Å². The minimum Gasteiger partial charge on any atom is -0.490 e. The molecule has 4 N–H and O–H groups in total. The Balaban J connectivity index is 0. The van der Waals surface area contributed by atoms with Crippen LogP contribution in [0.1, 0.15) is 6.92 Å². The van der Waals surface area contributed by atoms with Crippen molar-refractivity contribution in [3.8, 4) is 0 Å². The Morgan fingerprint density at radius 3 is 2.08 bits per heavy atom. The topological polar surface area (TPSA) is 124 Å². The second-order valence-electron chi connectivity index (χ2n) is 1.69. The van der Waals surface area contributed by atoms with Gasteiger partial charge < -0.3 is 24.5 Å². The Hall–Kier alpha value is -0.880. The van der Waals surface area contributed by atoms with Crippen LogP contribution in [-0.2, 0) is 14.1 Å². The molecule has 7 nitrogen and oxygen atoms in total. The van der Waals surface area contributed by atoms with Crippen LogP contribution >= 0.6 is 7.82 Å². The summed E-state index contributed by atoms with van der Waals surface area (Å²) in [6.07, 6.45) is 2.97. The Bertz CT molecular complexity index is 197. The van der Waals surface area contributed by atoms with Gasteiger partial charge >= 0.3 is 13.8 Å². The van der Waals surface area contributed by atoms with Crippen LogP contribution in [0.25, 0.3) is 0 Å². The van der Waals surface area contributed by atoms with Crippen LogP contribution in [0.15, 0.2) is 12.3 Å². The number of hydrogen-bond donors (Lipinski definition) is 4. The molecule has 0 amide bonds. The third-order valence-electron chi connectivity index (χ3n) is 0.439. The molecule has 0 fully saturated rings. The second kappa shape index (κ2) is 7.75. The van der Waals surface area contributed by atoms with Gasteiger partial charge in [-0.25, -0.2) is 9.36 Å². The zero-order valence-electron chi connectivity index (χ0n) is 6.82. The summed E-state index contributed by atoms with van der Waals surface area (Å²) in [5, 5.41) is 7.98. The number of ether oxygens (including phenoxy) is 1. The highest BCUT2D eigenvalue weighted by Gasteiger charge is 2.00. The van der Waals surface area contributed by atoms with E-state index in [4.69, 9.17) is 24.4 Å². The average Bonchev–Trinajstić information content (AvgIpc) is 1.83. The van der Waals surface area contributed by atoms with E-state index in [1.54, 1.807) is 13.0 Å². The first-order chi connectivity index (χ1) is 5.77. The van der Waals surface area contributed by atoms with Crippen molar-refractivity contribution in [1.82, 2.24) is 0 Å². The molecule has 0 aromatic heterocycles. The molecule has 0 atom stereocenters. The minimum atomic E-state index is -4.64. The number of carboxylic acids is 1. The first-order valence-electron chi connectivity index (χ1n) is 3.00. The summed E-state index contributed by atoms with van der Waals surface area (Å²) in [7, 11) is -4.64. The van der Waals surface area contributed by atoms with Crippen molar-refractivity contribution < 1.29 is 33.9 Å². The summed E-state index contributed by atoms with van der Waals surface area (Å²) in [5.41, 5.74) is 0. The monoisotopic (exact) mass is 214 g/mol. The largest absolute Gasteiger partial charge is 0.490 e. The van der Waals surface area contributed by atoms with Gasteiger partial charge in [0.2, 0.25) is 0 Å². The smallest absolute Gasteiger partial charge is 0.466 e. The van der Waals surface area contributed by atoms with Crippen molar-refractivity contribution in [2.24, 2.45) is 0 Å². The van der Waals surface area contributed by atoms with Gasteiger partial charge in [0.05, 0.1) is 6.26 Å². The van der Waals surface area contributed by atoms with Gasteiger partial charge in [-0.05, 0) is 6.92 Å². The molecule has 0 bridgehead atoms. The lowest BCUT2D eigenvalue weighted by Gasteiger charge is -1.90. The van der Waals surface area contributed by atoms with Crippen LogP contribution in [0, 0.1) is 0 Å². The molecule has 0 aliphatic rings. The van der Waals surface area contributed by atoms with E-state index >= 15 is 0 Å². The van der Waals surface area contributed by atoms with Crippen LogP contribution in [0.5, 0.6) is 0 Å². The maximum Gasteiger partial charge on any atom is 0.466 e. The molecule has 0 heterocycles. The fourth-order valence-corrected chi connectivity index (χ4v) is 0.216. The summed E-state index contributed by atoms with van der Waals surface area (Å²) in [6.45, 7) is 1.49. The van der Waals surface area contributed by atoms with Gasteiger partial charge in [0, 0.05) is 0 Å². The van der Waals surface area contributed by atoms with Gasteiger partial charge in [0.15, 0.2) is 6.61 Å². The summed E-state index contributed by atoms with van der Waals surface area (Å²) >= 11 is 0. The zero-order valence-corrected chi connectivity index (χ0v) is 7.72. The molecule has 0 unspecified atom stereocenters. The highest BCUT2D eigenvalue weighted by molar-refractivity contribution is 7.45. The molecule has 8 heteroatoms. The van der Waals surface area contributed by atoms with E-state index in [9.17, 15) is 4.79 Å². The van der Waals surface area contributed by atoms with E-state index < -0.39 is 13.8 Å². The van der Waals surface area contributed by atoms with E-state index in [1.807, 2.05) is 0 Å². The predicted octanol–water partition coefficient (Wildman–Crippen LogP) is -0.307. The van der Waals surface area contributed by atoms with Gasteiger partial charge in [-0.1, -0.05) is 6.08 Å². The zero-order chi connectivity index (χ0) is 10.9. The quantitative estimate of drug-likeness (QED) is 0.375. The molecule has 0 radical (unpaired) electrons. The predicted molar refractivity (Wildman–Crippen MR) is 42.7 cm³/mol. The standard InChI is InChI=1S/C5H8O3.H3O4P/c1-2-3-8-4-5(6)7;1-5(2,3)4/h2-3H,4H2,1H3,(H,6,7);(H3,1,2,3,4). The maximum absolute atomic E-state index is 9.72. The van der Waals surface area contributed by atoms with E-state index in [-0.39, 0.29) is 6.61 Å². The molecule has 0 saturated heterocycles. The van der Waals surface area contributed by atoms with Crippen LogP contribution in [-0.4, -0.2) is 32.4 Å². The molecule has 78 valence electrons. The van der Waals surface area contributed by atoms with Crippen molar-refractivity contribution in [2.45, 2.75) is 6.92 Å². The highest BCUT2D eigenvalue weighted by Crippen LogP contribution is 2.25. The summed E-state index contributed by atoms with van der Waals surface area (Å²) in [6, 6.07) is 0. The van der Waals surface area contributed by atoms with Gasteiger partial charge in [0.1, 0.15) is 0 Å². The van der Waals surface area contributed by atoms with Crippen LogP contribution in [0.4, 0.5) is 0 Å². The second-order valence-corrected chi connectivity index (χ2v) is 2.71. The summed E-state index contributed by atoms with van der Waals surface area (Å²) in [4.78, 5) is 31.3. The van der Waals surface area contributed by atoms with E-state index in [0.717, 1.165) is 0 Å². The maximum atomic E-state index is 9.72. The Morgan fingerprint density at radius 2 is 1.85 bits per heavy atom. The molecular weight excluding hydrogens is 203 g/mol. The number of carbonyl (C=O) groups is 1. The van der Waals surface area contributed by atoms with Gasteiger partial charge in [0.25, 0.3) is 0 Å². The molecular formula is C5H11O7P. The molecule has 0 aliphatic carbocycles. The molecule has 13 heavy (non-hydrogen) atoms. The van der Waals surface area contributed by atoms with Crippen molar-refractivity contribution in [2.75, 3.05) is 6.61 Å². The van der Waals surface area contributed by atoms with Crippen LogP contribution < -0.4 is 0 Å². The normalized spacial score (nSPS) is 10.5. The average molecular weight is 214 g/mol. The number of rotatable bonds is 3. The molecule has 0 spiro atoms. The van der Waals surface area contributed by atoms with Crippen molar-refractivity contribution >= 4 is 13.8 Å². The van der Waals surface area contributed by atoms with Gasteiger partial charge in [-0.15, -0.1) is 0 Å². The fraction of sp³-hybridized carbons (Fsp3) is 0.400. The lowest BCUT2D eigenvalue weighted by Crippen LogP contribution is -2.02. The number of phosphoric acid groups is 1. The van der Waals surface area contributed by atoms with E-state index in [1.165, 1.54) is 6.26 Å². The lowest BCUT2D eigenvalue weighted by atomic mass is 10.7. The molecule has 0 rings (SSSR count). The Kier molecular flexibility index (Phi) is 8.73. The van der Waals surface area contributed by atoms with Crippen molar-refractivity contribution in [3.05, 3.63) is 12.3 Å². The fourth-order valence-electron chi connectivity index (χ4n) is 0.216. The highest BCUT2D eigenvalue weighted by atomic mass is 31.2. The first-order valence-corrected chi connectivity index (χ1v) is 4.56. The third-order valence-corrected chi connectivity index (χ3v) is 0.439. The first kappa shape index (κ1) is 14.6. The summed E-state index contributed by atoms with van der Waals surface area (Å²) < 4.78 is 13.3. The number of hydrogen-bond acceptors (Lipinski definition) is 3. The molecule has 0 aromatic carbocycles. The van der Waals surface area contributed by atoms with E-state index in [2.05, 4.69) is 4.74 Å². The summed E-state index contributed by atoms with van der Waals surface area (Å²) in [5.74, 6) is -0.955. The van der Waals surface area contributed by atoms with Crippen molar-refractivity contribution in [1.29, 1.82) is 0 Å². The molecule has 0 aromatic rings. The number of carboxylic acid groups (broad SMARTS) is 1. The minimum absolute atomic E-state index is 0.260. The van der Waals surface area contributed by atoms with E-state index in [0.29, 0.717) is 0 Å². The Morgan fingerprint density at radius 1 is 1.46 bits per heavy atom. The molecule has 0 saturated carbocycles. The molecule has 0 aliphatic heterocycles. The van der Waals surface area contributed by atoms with Gasteiger partial charge in [-0.2, -0.15) is 0 Å².